The molecule has 0 heterocycles. The predicted molar refractivity (Wildman–Crippen MR) is 77.5 cm³/mol. The van der Waals surface area contributed by atoms with Crippen LogP contribution in [0.2, 0.25) is 0 Å². The molecule has 3 unspecified atom stereocenters. The van der Waals surface area contributed by atoms with Crippen LogP contribution in [0.3, 0.4) is 0 Å². The summed E-state index contributed by atoms with van der Waals surface area (Å²) in [4.78, 5) is 0. The molecule has 112 valence electrons. The van der Waals surface area contributed by atoms with Crippen LogP contribution in [0, 0.1) is 11.2 Å². The second-order valence-electron chi connectivity index (χ2n) is 6.12. The molecule has 0 bridgehead atoms. The maximum Gasteiger partial charge on any atom is 0.165 e. The number of nitrogens with one attached hydrogen (secondary N) is 1. The van der Waals surface area contributed by atoms with Gasteiger partial charge in [0.05, 0.1) is 13.2 Å². The van der Waals surface area contributed by atoms with Crippen molar-refractivity contribution in [1.82, 2.24) is 5.32 Å². The lowest BCUT2D eigenvalue weighted by atomic mass is 9.64. The lowest BCUT2D eigenvalue weighted by Gasteiger charge is -2.52. The molecule has 1 aromatic carbocycles. The Balaban J connectivity index is 2.03. The largest absolute Gasteiger partial charge is 0.494 e. The molecule has 20 heavy (non-hydrogen) atoms. The molecule has 0 aliphatic heterocycles. The summed E-state index contributed by atoms with van der Waals surface area (Å²) in [6, 6.07) is 5.59. The van der Waals surface area contributed by atoms with Crippen molar-refractivity contribution in [2.24, 2.45) is 5.41 Å². The van der Waals surface area contributed by atoms with E-state index in [2.05, 4.69) is 26.1 Å². The molecule has 0 amide bonds. The van der Waals surface area contributed by atoms with Crippen LogP contribution in [0.4, 0.5) is 4.39 Å². The quantitative estimate of drug-likeness (QED) is 0.898. The molecule has 1 aliphatic rings. The van der Waals surface area contributed by atoms with Gasteiger partial charge in [-0.3, -0.25) is 0 Å². The molecule has 0 radical (unpaired) electrons. The van der Waals surface area contributed by atoms with Crippen LogP contribution in [0.5, 0.6) is 5.75 Å². The highest BCUT2D eigenvalue weighted by Crippen LogP contribution is 2.43. The van der Waals surface area contributed by atoms with Crippen molar-refractivity contribution in [3.05, 3.63) is 29.6 Å². The topological polar surface area (TPSA) is 30.5 Å². The third-order valence-corrected chi connectivity index (χ3v) is 4.59. The minimum Gasteiger partial charge on any atom is -0.494 e. The summed E-state index contributed by atoms with van der Waals surface area (Å²) in [5.74, 6) is -0.0364. The molecule has 1 N–H and O–H groups in total. The van der Waals surface area contributed by atoms with Gasteiger partial charge in [-0.15, -0.1) is 0 Å². The molecule has 1 saturated carbocycles. The van der Waals surface area contributed by atoms with Gasteiger partial charge in [-0.25, -0.2) is 4.39 Å². The lowest BCUT2D eigenvalue weighted by Crippen LogP contribution is -2.60. The fraction of sp³-hybridized carbons (Fsp3) is 0.625. The number of rotatable bonds is 5. The third-order valence-electron chi connectivity index (χ3n) is 4.59. The summed E-state index contributed by atoms with van der Waals surface area (Å²) in [6.07, 6.45) is 1.28. The highest BCUT2D eigenvalue weighted by atomic mass is 19.1. The van der Waals surface area contributed by atoms with Gasteiger partial charge in [0.15, 0.2) is 11.6 Å². The summed E-state index contributed by atoms with van der Waals surface area (Å²) < 4.78 is 24.1. The van der Waals surface area contributed by atoms with Gasteiger partial charge in [0.1, 0.15) is 0 Å². The van der Waals surface area contributed by atoms with E-state index in [1.54, 1.807) is 13.2 Å². The summed E-state index contributed by atoms with van der Waals surface area (Å²) in [6.45, 7) is 6.45. The summed E-state index contributed by atoms with van der Waals surface area (Å²) in [7, 11) is 3.23. The first-order valence-corrected chi connectivity index (χ1v) is 7.02. The Morgan fingerprint density at radius 1 is 1.35 bits per heavy atom. The van der Waals surface area contributed by atoms with Crippen molar-refractivity contribution in [2.75, 3.05) is 14.2 Å². The van der Waals surface area contributed by atoms with Crippen LogP contribution in [0.25, 0.3) is 0 Å². The van der Waals surface area contributed by atoms with Gasteiger partial charge >= 0.3 is 0 Å². The zero-order valence-corrected chi connectivity index (χ0v) is 12.9. The van der Waals surface area contributed by atoms with Gasteiger partial charge in [0.2, 0.25) is 0 Å². The number of halogens is 1. The Bertz CT molecular complexity index is 476. The van der Waals surface area contributed by atoms with E-state index in [1.807, 2.05) is 6.07 Å². The maximum absolute atomic E-state index is 13.7. The van der Waals surface area contributed by atoms with Crippen LogP contribution in [-0.2, 0) is 4.74 Å². The van der Waals surface area contributed by atoms with E-state index in [1.165, 1.54) is 13.2 Å². The minimum absolute atomic E-state index is 0.0949. The lowest BCUT2D eigenvalue weighted by molar-refractivity contribution is -0.0999. The maximum atomic E-state index is 13.7. The molecule has 3 nitrogen and oxygen atoms in total. The van der Waals surface area contributed by atoms with E-state index in [9.17, 15) is 4.39 Å². The van der Waals surface area contributed by atoms with E-state index in [4.69, 9.17) is 9.47 Å². The summed E-state index contributed by atoms with van der Waals surface area (Å²) in [5, 5.41) is 3.56. The molecular formula is C16H24FNO2. The zero-order chi connectivity index (χ0) is 14.9. The molecule has 2 rings (SSSR count). The fourth-order valence-corrected chi connectivity index (χ4v) is 2.92. The first-order valence-electron chi connectivity index (χ1n) is 7.02. The van der Waals surface area contributed by atoms with Gasteiger partial charge in [-0.2, -0.15) is 0 Å². The number of ether oxygens (including phenoxy) is 2. The fourth-order valence-electron chi connectivity index (χ4n) is 2.92. The highest BCUT2D eigenvalue weighted by Gasteiger charge is 2.48. The molecule has 3 atom stereocenters. The Hall–Kier alpha value is -1.13. The van der Waals surface area contributed by atoms with Crippen molar-refractivity contribution in [3.8, 4) is 5.75 Å². The first-order chi connectivity index (χ1) is 9.40. The predicted octanol–water partition coefficient (Wildman–Crippen LogP) is 3.30. The monoisotopic (exact) mass is 281 g/mol. The molecule has 1 aliphatic carbocycles. The van der Waals surface area contributed by atoms with Crippen molar-refractivity contribution < 1.29 is 13.9 Å². The third kappa shape index (κ3) is 2.67. The Morgan fingerprint density at radius 2 is 2.05 bits per heavy atom. The standard InChI is InChI=1S/C16H24FNO2/c1-10(11-6-7-13(19-4)12(17)8-11)18-14-9-15(20-5)16(14,2)3/h6-8,10,14-15,18H,9H2,1-5H3. The van der Waals surface area contributed by atoms with Crippen LogP contribution in [-0.4, -0.2) is 26.4 Å². The van der Waals surface area contributed by atoms with Crippen LogP contribution < -0.4 is 10.1 Å². The molecular weight excluding hydrogens is 257 g/mol. The minimum atomic E-state index is -0.318. The van der Waals surface area contributed by atoms with Crippen LogP contribution >= 0.6 is 0 Å². The van der Waals surface area contributed by atoms with Gasteiger partial charge in [-0.05, 0) is 31.0 Å². The van der Waals surface area contributed by atoms with E-state index in [0.717, 1.165) is 12.0 Å². The zero-order valence-electron chi connectivity index (χ0n) is 12.9. The van der Waals surface area contributed by atoms with E-state index >= 15 is 0 Å². The second kappa shape index (κ2) is 5.70. The van der Waals surface area contributed by atoms with E-state index in [-0.39, 0.29) is 23.0 Å². The van der Waals surface area contributed by atoms with Gasteiger partial charge < -0.3 is 14.8 Å². The van der Waals surface area contributed by atoms with E-state index in [0.29, 0.717) is 12.1 Å². The molecule has 4 heteroatoms. The van der Waals surface area contributed by atoms with Crippen molar-refractivity contribution in [1.29, 1.82) is 0 Å². The van der Waals surface area contributed by atoms with E-state index < -0.39 is 0 Å². The van der Waals surface area contributed by atoms with Gasteiger partial charge in [0.25, 0.3) is 0 Å². The molecule has 0 saturated heterocycles. The molecule has 0 spiro atoms. The second-order valence-corrected chi connectivity index (χ2v) is 6.12. The average molecular weight is 281 g/mol. The Morgan fingerprint density at radius 3 is 2.55 bits per heavy atom. The molecule has 1 aromatic rings. The number of hydrogen-bond acceptors (Lipinski definition) is 3. The normalized spacial score (nSPS) is 25.9. The molecule has 0 aromatic heterocycles. The Labute approximate surface area is 120 Å². The van der Waals surface area contributed by atoms with Crippen LogP contribution in [0.15, 0.2) is 18.2 Å². The molecule has 1 fully saturated rings. The van der Waals surface area contributed by atoms with Crippen molar-refractivity contribution >= 4 is 0 Å². The first kappa shape index (κ1) is 15.3. The van der Waals surface area contributed by atoms with Crippen molar-refractivity contribution in [3.63, 3.8) is 0 Å². The smallest absolute Gasteiger partial charge is 0.165 e. The average Bonchev–Trinajstić information content (AvgIpc) is 2.42. The number of methoxy groups -OCH3 is 2. The van der Waals surface area contributed by atoms with Crippen LogP contribution in [0.1, 0.15) is 38.8 Å². The van der Waals surface area contributed by atoms with Gasteiger partial charge in [-0.1, -0.05) is 19.9 Å². The SMILES string of the molecule is COc1ccc(C(C)NC2CC(OC)C2(C)C)cc1F. The number of hydrogen-bond donors (Lipinski definition) is 1. The summed E-state index contributed by atoms with van der Waals surface area (Å²) >= 11 is 0. The highest BCUT2D eigenvalue weighted by molar-refractivity contribution is 5.31. The Kier molecular flexibility index (Phi) is 4.35. The van der Waals surface area contributed by atoms with Crippen molar-refractivity contribution in [2.45, 2.75) is 45.4 Å². The summed E-state index contributed by atoms with van der Waals surface area (Å²) in [5.41, 5.74) is 1.04. The van der Waals surface area contributed by atoms with Gasteiger partial charge in [0, 0.05) is 24.6 Å². The number of benzene rings is 1.